The standard InChI is InChI=1S/C28H33ClN6O/c1-28(2,3)32-27(36)35-12-10-34(11-13-35)26-23-8-7-21(29)16-24(23)20(15-22-17-30-18-33(22)4)14-19-6-5-9-31-25(19)26/h5-9,14,16-18,26H,10-13,15H2,1-4H3,(H,32,36)/t26-/m0/s1. The first-order chi connectivity index (χ1) is 17.2. The van der Waals surface area contributed by atoms with E-state index < -0.39 is 0 Å². The number of nitrogens with one attached hydrogen (secondary N) is 1. The largest absolute Gasteiger partial charge is 0.337 e. The first-order valence-electron chi connectivity index (χ1n) is 12.4. The predicted octanol–water partition coefficient (Wildman–Crippen LogP) is 4.78. The number of hydrogen-bond acceptors (Lipinski definition) is 4. The summed E-state index contributed by atoms with van der Waals surface area (Å²) in [5.74, 6) is 0. The van der Waals surface area contributed by atoms with Gasteiger partial charge in [0.05, 0.1) is 18.1 Å². The molecule has 1 aliphatic carbocycles. The maximum Gasteiger partial charge on any atom is 0.317 e. The van der Waals surface area contributed by atoms with E-state index in [4.69, 9.17) is 16.6 Å². The van der Waals surface area contributed by atoms with Gasteiger partial charge in [-0.2, -0.15) is 0 Å². The van der Waals surface area contributed by atoms with Crippen LogP contribution in [0.5, 0.6) is 0 Å². The van der Waals surface area contributed by atoms with E-state index in [1.165, 1.54) is 11.1 Å². The van der Waals surface area contributed by atoms with Gasteiger partial charge in [0.25, 0.3) is 0 Å². The van der Waals surface area contributed by atoms with Crippen molar-refractivity contribution in [3.8, 4) is 0 Å². The summed E-state index contributed by atoms with van der Waals surface area (Å²) in [5.41, 5.74) is 6.54. The fourth-order valence-electron chi connectivity index (χ4n) is 5.09. The maximum absolute atomic E-state index is 12.8. The zero-order chi connectivity index (χ0) is 25.4. The number of fused-ring (bicyclic) bond motifs is 2. The number of benzene rings is 1. The Hall–Kier alpha value is -3.16. The molecule has 0 unspecified atom stereocenters. The predicted molar refractivity (Wildman–Crippen MR) is 144 cm³/mol. The van der Waals surface area contributed by atoms with Gasteiger partial charge < -0.3 is 14.8 Å². The van der Waals surface area contributed by atoms with Crippen LogP contribution in [-0.2, 0) is 13.5 Å². The maximum atomic E-state index is 12.8. The van der Waals surface area contributed by atoms with Crippen molar-refractivity contribution in [2.45, 2.75) is 38.8 Å². The van der Waals surface area contributed by atoms with Crippen LogP contribution < -0.4 is 5.32 Å². The van der Waals surface area contributed by atoms with Crippen LogP contribution in [0.2, 0.25) is 5.02 Å². The molecule has 1 aromatic carbocycles. The SMILES string of the molecule is Cn1cncc1CC1=Cc2cccnc2[C@@H](N2CCN(C(=O)NC(C)(C)C)CC2)c2ccc(Cl)cc21. The van der Waals surface area contributed by atoms with Crippen molar-refractivity contribution in [3.63, 3.8) is 0 Å². The van der Waals surface area contributed by atoms with Gasteiger partial charge in [0.15, 0.2) is 0 Å². The topological polar surface area (TPSA) is 66.3 Å². The van der Waals surface area contributed by atoms with E-state index in [1.54, 1.807) is 0 Å². The second-order valence-corrected chi connectivity index (χ2v) is 11.1. The van der Waals surface area contributed by atoms with Crippen LogP contribution in [0.4, 0.5) is 4.79 Å². The molecule has 0 radical (unpaired) electrons. The zero-order valence-electron chi connectivity index (χ0n) is 21.3. The van der Waals surface area contributed by atoms with Gasteiger partial charge >= 0.3 is 6.03 Å². The Labute approximate surface area is 217 Å². The molecule has 3 heterocycles. The molecule has 0 spiro atoms. The number of allylic oxidation sites excluding steroid dienone is 1. The molecular formula is C28H33ClN6O. The number of aromatic nitrogens is 3. The number of halogens is 1. The third-order valence-electron chi connectivity index (χ3n) is 6.85. The minimum atomic E-state index is -0.257. The van der Waals surface area contributed by atoms with Crippen molar-refractivity contribution in [2.24, 2.45) is 7.05 Å². The molecule has 5 rings (SSSR count). The summed E-state index contributed by atoms with van der Waals surface area (Å²) in [6.07, 6.45) is 8.61. The molecule has 3 aromatic rings. The summed E-state index contributed by atoms with van der Waals surface area (Å²) < 4.78 is 2.06. The van der Waals surface area contributed by atoms with E-state index in [1.807, 2.05) is 63.6 Å². The van der Waals surface area contributed by atoms with Crippen LogP contribution >= 0.6 is 11.6 Å². The molecule has 2 aliphatic rings. The van der Waals surface area contributed by atoms with Crippen LogP contribution in [0.15, 0.2) is 49.1 Å². The van der Waals surface area contributed by atoms with Crippen molar-refractivity contribution < 1.29 is 4.79 Å². The van der Waals surface area contributed by atoms with Gasteiger partial charge in [-0.05, 0) is 67.3 Å². The number of nitrogens with zero attached hydrogens (tertiary/aromatic N) is 5. The van der Waals surface area contributed by atoms with Crippen LogP contribution in [0.25, 0.3) is 11.6 Å². The lowest BCUT2D eigenvalue weighted by atomic mass is 9.92. The zero-order valence-corrected chi connectivity index (χ0v) is 22.1. The Balaban J connectivity index is 1.50. The lowest BCUT2D eigenvalue weighted by molar-refractivity contribution is 0.115. The Kier molecular flexibility index (Phi) is 6.62. The van der Waals surface area contributed by atoms with E-state index in [-0.39, 0.29) is 17.6 Å². The number of pyridine rings is 1. The number of imidazole rings is 1. The number of urea groups is 1. The smallest absolute Gasteiger partial charge is 0.317 e. The second kappa shape index (κ2) is 9.71. The summed E-state index contributed by atoms with van der Waals surface area (Å²) in [6, 6.07) is 10.3. The number of carbonyl (C=O) groups is 1. The van der Waals surface area contributed by atoms with Gasteiger partial charge in [0.1, 0.15) is 0 Å². The van der Waals surface area contributed by atoms with Crippen molar-refractivity contribution >= 4 is 29.3 Å². The molecule has 188 valence electrons. The fourth-order valence-corrected chi connectivity index (χ4v) is 5.26. The van der Waals surface area contributed by atoms with E-state index in [2.05, 4.69) is 44.0 Å². The third kappa shape index (κ3) is 5.04. The molecule has 1 N–H and O–H groups in total. The van der Waals surface area contributed by atoms with E-state index >= 15 is 0 Å². The molecule has 1 saturated heterocycles. The van der Waals surface area contributed by atoms with Crippen molar-refractivity contribution in [1.82, 2.24) is 29.7 Å². The summed E-state index contributed by atoms with van der Waals surface area (Å²) in [6.45, 7) is 8.88. The third-order valence-corrected chi connectivity index (χ3v) is 7.09. The molecule has 1 fully saturated rings. The minimum Gasteiger partial charge on any atom is -0.337 e. The Morgan fingerprint density at radius 1 is 1.17 bits per heavy atom. The van der Waals surface area contributed by atoms with Crippen molar-refractivity contribution in [3.05, 3.63) is 82.2 Å². The Morgan fingerprint density at radius 2 is 1.94 bits per heavy atom. The van der Waals surface area contributed by atoms with Crippen LogP contribution in [-0.4, -0.2) is 62.1 Å². The highest BCUT2D eigenvalue weighted by atomic mass is 35.5. The van der Waals surface area contributed by atoms with Crippen LogP contribution in [0.3, 0.4) is 0 Å². The average Bonchev–Trinajstić information content (AvgIpc) is 3.18. The first kappa shape index (κ1) is 24.5. The number of amides is 2. The molecular weight excluding hydrogens is 472 g/mol. The van der Waals surface area contributed by atoms with Crippen molar-refractivity contribution in [1.29, 1.82) is 0 Å². The van der Waals surface area contributed by atoms with Crippen LogP contribution in [0.1, 0.15) is 54.9 Å². The summed E-state index contributed by atoms with van der Waals surface area (Å²) in [7, 11) is 2.02. The van der Waals surface area contributed by atoms with Gasteiger partial charge in [0, 0.05) is 68.3 Å². The lowest BCUT2D eigenvalue weighted by Crippen LogP contribution is -2.55. The van der Waals surface area contributed by atoms with E-state index in [0.29, 0.717) is 18.1 Å². The number of carbonyl (C=O) groups excluding carboxylic acids is 1. The summed E-state index contributed by atoms with van der Waals surface area (Å²) in [4.78, 5) is 26.3. The molecule has 1 atom stereocenters. The summed E-state index contributed by atoms with van der Waals surface area (Å²) >= 11 is 6.53. The van der Waals surface area contributed by atoms with Crippen molar-refractivity contribution in [2.75, 3.05) is 26.2 Å². The quantitative estimate of drug-likeness (QED) is 0.557. The fraction of sp³-hybridized carbons (Fsp3) is 0.393. The van der Waals surface area contributed by atoms with Gasteiger partial charge in [-0.3, -0.25) is 9.88 Å². The van der Waals surface area contributed by atoms with Gasteiger partial charge in [0.2, 0.25) is 0 Å². The Morgan fingerprint density at radius 3 is 2.64 bits per heavy atom. The number of aryl methyl sites for hydroxylation is 1. The van der Waals surface area contributed by atoms with Crippen LogP contribution in [0, 0.1) is 0 Å². The monoisotopic (exact) mass is 504 g/mol. The van der Waals surface area contributed by atoms with E-state index in [0.717, 1.165) is 42.0 Å². The average molecular weight is 505 g/mol. The molecule has 36 heavy (non-hydrogen) atoms. The van der Waals surface area contributed by atoms with Gasteiger partial charge in [-0.1, -0.05) is 23.7 Å². The minimum absolute atomic E-state index is 0.00569. The van der Waals surface area contributed by atoms with Gasteiger partial charge in [-0.25, -0.2) is 9.78 Å². The lowest BCUT2D eigenvalue weighted by Gasteiger charge is -2.40. The molecule has 0 bridgehead atoms. The highest BCUT2D eigenvalue weighted by Crippen LogP contribution is 2.41. The number of piperazine rings is 1. The first-order valence-corrected chi connectivity index (χ1v) is 12.8. The molecule has 1 aliphatic heterocycles. The van der Waals surface area contributed by atoms with E-state index in [9.17, 15) is 4.79 Å². The molecule has 2 aromatic heterocycles. The summed E-state index contributed by atoms with van der Waals surface area (Å²) in [5, 5.41) is 3.80. The second-order valence-electron chi connectivity index (χ2n) is 10.7. The number of rotatable bonds is 3. The number of hydrogen-bond donors (Lipinski definition) is 1. The molecule has 7 nitrogen and oxygen atoms in total. The normalized spacial score (nSPS) is 18.2. The molecule has 2 amide bonds. The van der Waals surface area contributed by atoms with Gasteiger partial charge in [-0.15, -0.1) is 0 Å². The molecule has 0 saturated carbocycles. The molecule has 8 heteroatoms. The highest BCUT2D eigenvalue weighted by molar-refractivity contribution is 6.30. The highest BCUT2D eigenvalue weighted by Gasteiger charge is 2.34. The Bertz CT molecular complexity index is 1300.